The fraction of sp³-hybridized carbons (Fsp3) is 0. The quantitative estimate of drug-likeness (QED) is 0.160. The van der Waals surface area contributed by atoms with Gasteiger partial charge in [-0.15, -0.1) is 0 Å². The Morgan fingerprint density at radius 1 is 0.235 bits per heavy atom. The van der Waals surface area contributed by atoms with Crippen LogP contribution in [0.4, 0.5) is 0 Å². The third-order valence-corrected chi connectivity index (χ3v) is 13.7. The number of para-hydroxylation sites is 3. The van der Waals surface area contributed by atoms with Crippen molar-refractivity contribution in [2.45, 2.75) is 0 Å². The second kappa shape index (κ2) is 15.2. The van der Waals surface area contributed by atoms with Crippen molar-refractivity contribution in [1.82, 2.24) is 23.9 Å². The van der Waals surface area contributed by atoms with Gasteiger partial charge >= 0.3 is 0 Å². The van der Waals surface area contributed by atoms with Gasteiger partial charge in [0.15, 0.2) is 17.5 Å². The molecule has 0 atom stereocenters. The van der Waals surface area contributed by atoms with Crippen LogP contribution in [-0.2, 0) is 0 Å². The number of hydrogen-bond acceptors (Lipinski definition) is 3. The van der Waals surface area contributed by atoms with E-state index in [9.17, 15) is 0 Å². The van der Waals surface area contributed by atoms with Crippen LogP contribution < -0.4 is 0 Å². The van der Waals surface area contributed by atoms with Gasteiger partial charge in [-0.25, -0.2) is 15.0 Å². The molecular weight excluding hydrogens is 827 g/mol. The highest BCUT2D eigenvalue weighted by Gasteiger charge is 2.20. The molecule has 316 valence electrons. The molecule has 10 aromatic carbocycles. The maximum Gasteiger partial charge on any atom is 0.164 e. The third-order valence-electron chi connectivity index (χ3n) is 13.7. The predicted molar refractivity (Wildman–Crippen MR) is 281 cm³/mol. The van der Waals surface area contributed by atoms with E-state index in [1.807, 2.05) is 60.7 Å². The van der Waals surface area contributed by atoms with E-state index in [4.69, 9.17) is 15.0 Å². The molecule has 14 aromatic rings. The molecule has 0 aliphatic rings. The van der Waals surface area contributed by atoms with Gasteiger partial charge in [-0.1, -0.05) is 170 Å². The molecule has 4 heterocycles. The van der Waals surface area contributed by atoms with Crippen molar-refractivity contribution in [2.75, 3.05) is 0 Å². The standard InChI is InChI=1S/C63H39N5/c1-3-16-40(17-4-1)61-64-62(41-18-5-2-6-19-41)66-63(65-61)47-24-15-25-49(36-47)67-56-29-10-7-26-50(56)53-37-46(32-33-59(53)67)44-22-13-20-42(34-44)43-21-14-23-45(35-43)48-38-54-51-27-8-11-30-57(51)68-58-31-12-9-28-52(58)55(39-48)60(54)68/h1-39H. The zero-order chi connectivity index (χ0) is 44.7. The summed E-state index contributed by atoms with van der Waals surface area (Å²) in [5, 5.41) is 7.54. The van der Waals surface area contributed by atoms with Crippen LogP contribution in [0.25, 0.3) is 133 Å². The molecule has 0 unspecified atom stereocenters. The van der Waals surface area contributed by atoms with Gasteiger partial charge in [-0.05, 0) is 100 Å². The minimum Gasteiger partial charge on any atom is -0.309 e. The number of hydrogen-bond donors (Lipinski definition) is 0. The first-order chi connectivity index (χ1) is 33.7. The van der Waals surface area contributed by atoms with Crippen molar-refractivity contribution in [1.29, 1.82) is 0 Å². The zero-order valence-corrected chi connectivity index (χ0v) is 36.8. The Balaban J connectivity index is 0.844. The zero-order valence-electron chi connectivity index (χ0n) is 36.8. The molecule has 5 nitrogen and oxygen atoms in total. The number of fused-ring (bicyclic) bond motifs is 9. The van der Waals surface area contributed by atoms with Gasteiger partial charge in [0.1, 0.15) is 0 Å². The van der Waals surface area contributed by atoms with Gasteiger partial charge in [0.05, 0.1) is 27.6 Å². The van der Waals surface area contributed by atoms with E-state index in [0.29, 0.717) is 17.5 Å². The number of rotatable bonds is 7. The molecule has 14 rings (SSSR count). The summed E-state index contributed by atoms with van der Waals surface area (Å²) in [4.78, 5) is 15.0. The van der Waals surface area contributed by atoms with Crippen molar-refractivity contribution in [2.24, 2.45) is 0 Å². The third kappa shape index (κ3) is 6.06. The van der Waals surface area contributed by atoms with Crippen molar-refractivity contribution < 1.29 is 0 Å². The van der Waals surface area contributed by atoms with E-state index in [1.54, 1.807) is 0 Å². The Hall–Kier alpha value is -9.19. The molecule has 68 heavy (non-hydrogen) atoms. The fourth-order valence-electron chi connectivity index (χ4n) is 10.5. The SMILES string of the molecule is c1ccc(-c2nc(-c3ccccc3)nc(-c3cccc(-n4c5ccccc5c5cc(-c6cccc(-c7cccc(-c8cc9c%10ccccc%10n%10c%11ccccc%11c(c8)c9%10)c7)c6)ccc54)c3)n2)cc1. The minimum atomic E-state index is 0.627. The van der Waals surface area contributed by atoms with Gasteiger partial charge in [-0.3, -0.25) is 0 Å². The maximum atomic E-state index is 5.04. The van der Waals surface area contributed by atoms with Crippen LogP contribution in [0.5, 0.6) is 0 Å². The summed E-state index contributed by atoms with van der Waals surface area (Å²) in [7, 11) is 0. The average molecular weight is 866 g/mol. The van der Waals surface area contributed by atoms with E-state index in [0.717, 1.165) is 33.4 Å². The molecule has 5 heteroatoms. The van der Waals surface area contributed by atoms with E-state index in [2.05, 4.69) is 185 Å². The van der Waals surface area contributed by atoms with E-state index >= 15 is 0 Å². The average Bonchev–Trinajstić information content (AvgIpc) is 4.06. The summed E-state index contributed by atoms with van der Waals surface area (Å²) in [6.45, 7) is 0. The Labute approximate surface area is 391 Å². The highest BCUT2D eigenvalue weighted by atomic mass is 15.0. The summed E-state index contributed by atoms with van der Waals surface area (Å²) < 4.78 is 4.80. The van der Waals surface area contributed by atoms with E-state index in [1.165, 1.54) is 82.2 Å². The summed E-state index contributed by atoms with van der Waals surface area (Å²) >= 11 is 0. The summed E-state index contributed by atoms with van der Waals surface area (Å²) in [5.74, 6) is 1.91. The van der Waals surface area contributed by atoms with Gasteiger partial charge < -0.3 is 8.97 Å². The number of benzene rings is 10. The van der Waals surface area contributed by atoms with Crippen LogP contribution >= 0.6 is 0 Å². The van der Waals surface area contributed by atoms with E-state index < -0.39 is 0 Å². The van der Waals surface area contributed by atoms with Crippen LogP contribution in [0.15, 0.2) is 237 Å². The monoisotopic (exact) mass is 865 g/mol. The predicted octanol–water partition coefficient (Wildman–Crippen LogP) is 16.1. The molecule has 0 radical (unpaired) electrons. The van der Waals surface area contributed by atoms with Crippen molar-refractivity contribution >= 4 is 59.9 Å². The van der Waals surface area contributed by atoms with Crippen molar-refractivity contribution in [3.8, 4) is 73.2 Å². The number of nitrogens with zero attached hydrogens (tertiary/aromatic N) is 5. The van der Waals surface area contributed by atoms with Crippen LogP contribution in [0.2, 0.25) is 0 Å². The summed E-state index contributed by atoms with van der Waals surface area (Å²) in [6, 6.07) is 84.7. The lowest BCUT2D eigenvalue weighted by atomic mass is 9.94. The molecule has 4 aromatic heterocycles. The first-order valence-electron chi connectivity index (χ1n) is 23.1. The van der Waals surface area contributed by atoms with Crippen LogP contribution in [0.3, 0.4) is 0 Å². The summed E-state index contributed by atoms with van der Waals surface area (Å²) in [5.41, 5.74) is 17.0. The highest BCUT2D eigenvalue weighted by Crippen LogP contribution is 2.43. The fourth-order valence-corrected chi connectivity index (χ4v) is 10.5. The first kappa shape index (κ1) is 38.1. The minimum absolute atomic E-state index is 0.627. The second-order valence-electron chi connectivity index (χ2n) is 17.6. The van der Waals surface area contributed by atoms with E-state index in [-0.39, 0.29) is 0 Å². The molecular formula is C63H39N5. The van der Waals surface area contributed by atoms with Crippen LogP contribution in [0.1, 0.15) is 0 Å². The maximum absolute atomic E-state index is 5.04. The Kier molecular flexibility index (Phi) is 8.52. The molecule has 0 saturated carbocycles. The lowest BCUT2D eigenvalue weighted by molar-refractivity contribution is 1.07. The Bertz CT molecular complexity index is 4120. The van der Waals surface area contributed by atoms with Crippen molar-refractivity contribution in [3.05, 3.63) is 237 Å². The Morgan fingerprint density at radius 3 is 1.21 bits per heavy atom. The second-order valence-corrected chi connectivity index (χ2v) is 17.6. The van der Waals surface area contributed by atoms with Crippen LogP contribution in [0, 0.1) is 0 Å². The summed E-state index contributed by atoms with van der Waals surface area (Å²) in [6.07, 6.45) is 0. The molecule has 0 bridgehead atoms. The molecule has 0 spiro atoms. The lowest BCUT2D eigenvalue weighted by Gasteiger charge is -2.12. The topological polar surface area (TPSA) is 48.0 Å². The molecule has 0 fully saturated rings. The Morgan fingerprint density at radius 2 is 0.632 bits per heavy atom. The smallest absolute Gasteiger partial charge is 0.164 e. The van der Waals surface area contributed by atoms with Gasteiger partial charge in [0, 0.05) is 54.7 Å². The van der Waals surface area contributed by atoms with Gasteiger partial charge in [-0.2, -0.15) is 0 Å². The molecule has 0 N–H and O–H groups in total. The molecule has 0 amide bonds. The van der Waals surface area contributed by atoms with Gasteiger partial charge in [0.2, 0.25) is 0 Å². The molecule has 0 aliphatic heterocycles. The molecule has 0 saturated heterocycles. The molecule has 0 aliphatic carbocycles. The van der Waals surface area contributed by atoms with Crippen molar-refractivity contribution in [3.63, 3.8) is 0 Å². The normalized spacial score (nSPS) is 11.8. The van der Waals surface area contributed by atoms with Crippen LogP contribution in [-0.4, -0.2) is 23.9 Å². The largest absolute Gasteiger partial charge is 0.309 e. The van der Waals surface area contributed by atoms with Gasteiger partial charge in [0.25, 0.3) is 0 Å². The highest BCUT2D eigenvalue weighted by molar-refractivity contribution is 6.24. The number of aromatic nitrogens is 5. The lowest BCUT2D eigenvalue weighted by Crippen LogP contribution is -2.01. The first-order valence-corrected chi connectivity index (χ1v) is 23.1.